The Hall–Kier alpha value is -2.27. The van der Waals surface area contributed by atoms with Crippen LogP contribution in [0.3, 0.4) is 0 Å². The van der Waals surface area contributed by atoms with Crippen LogP contribution in [-0.4, -0.2) is 31.7 Å². The smallest absolute Gasteiger partial charge is 0.243 e. The first-order chi connectivity index (χ1) is 11.6. The van der Waals surface area contributed by atoms with E-state index in [0.717, 1.165) is 35.9 Å². The number of benzene rings is 1. The highest BCUT2D eigenvalue weighted by atomic mass is 35.5. The fourth-order valence-electron chi connectivity index (χ4n) is 3.56. The highest BCUT2D eigenvalue weighted by Crippen LogP contribution is 2.32. The van der Waals surface area contributed by atoms with Crippen molar-refractivity contribution < 1.29 is 4.79 Å². The predicted molar refractivity (Wildman–Crippen MR) is 93.8 cm³/mol. The number of fused-ring (bicyclic) bond motifs is 1. The number of hydrogen-bond acceptors (Lipinski definition) is 2. The molecule has 1 aromatic carbocycles. The zero-order valence-electron chi connectivity index (χ0n) is 13.5. The average molecular weight is 343 g/mol. The normalized spacial score (nSPS) is 17.8. The molecule has 1 saturated heterocycles. The first-order valence-corrected chi connectivity index (χ1v) is 8.52. The third-order valence-electron chi connectivity index (χ3n) is 4.72. The molecule has 0 bridgehead atoms. The summed E-state index contributed by atoms with van der Waals surface area (Å²) in [5.74, 6) is 0.138. The van der Waals surface area contributed by atoms with Gasteiger partial charge in [-0.25, -0.2) is 0 Å². The van der Waals surface area contributed by atoms with Crippen molar-refractivity contribution in [1.29, 1.82) is 0 Å². The van der Waals surface area contributed by atoms with Gasteiger partial charge in [-0.15, -0.1) is 0 Å². The molecule has 6 heteroatoms. The molecule has 0 saturated carbocycles. The predicted octanol–water partition coefficient (Wildman–Crippen LogP) is 3.39. The minimum absolute atomic E-state index is 0.136. The van der Waals surface area contributed by atoms with Gasteiger partial charge in [0.1, 0.15) is 6.54 Å². The molecule has 0 aliphatic carbocycles. The Labute approximate surface area is 145 Å². The monoisotopic (exact) mass is 342 g/mol. The third-order valence-corrected chi connectivity index (χ3v) is 4.96. The lowest BCUT2D eigenvalue weighted by Crippen LogP contribution is -2.33. The van der Waals surface area contributed by atoms with E-state index in [0.29, 0.717) is 11.6 Å². The molecule has 4 rings (SSSR count). The van der Waals surface area contributed by atoms with Gasteiger partial charge in [0.15, 0.2) is 0 Å². The van der Waals surface area contributed by atoms with E-state index in [1.165, 1.54) is 0 Å². The van der Waals surface area contributed by atoms with Crippen LogP contribution in [-0.2, 0) is 18.4 Å². The number of likely N-dealkylation sites (tertiary alicyclic amines) is 1. The zero-order chi connectivity index (χ0) is 16.7. The molecule has 24 heavy (non-hydrogen) atoms. The first kappa shape index (κ1) is 15.3. The molecule has 0 radical (unpaired) electrons. The zero-order valence-corrected chi connectivity index (χ0v) is 14.3. The van der Waals surface area contributed by atoms with E-state index in [2.05, 4.69) is 5.10 Å². The summed E-state index contributed by atoms with van der Waals surface area (Å²) in [4.78, 5) is 14.9. The number of carbonyl (C=O) groups excluding carboxylic acids is 1. The molecule has 1 aliphatic rings. The van der Waals surface area contributed by atoms with Gasteiger partial charge in [-0.2, -0.15) is 5.10 Å². The fourth-order valence-corrected chi connectivity index (χ4v) is 3.72. The molecule has 2 aromatic heterocycles. The summed E-state index contributed by atoms with van der Waals surface area (Å²) in [6, 6.07) is 7.91. The highest BCUT2D eigenvalue weighted by Gasteiger charge is 2.30. The van der Waals surface area contributed by atoms with E-state index in [-0.39, 0.29) is 11.9 Å². The van der Waals surface area contributed by atoms with Gasteiger partial charge in [0.25, 0.3) is 0 Å². The number of aromatic nitrogens is 3. The molecule has 3 heterocycles. The van der Waals surface area contributed by atoms with E-state index in [9.17, 15) is 4.79 Å². The number of carbonyl (C=O) groups is 1. The number of aryl methyl sites for hydroxylation is 1. The van der Waals surface area contributed by atoms with Crippen LogP contribution in [0.25, 0.3) is 10.9 Å². The van der Waals surface area contributed by atoms with Crippen LogP contribution in [0.2, 0.25) is 5.02 Å². The summed E-state index contributed by atoms with van der Waals surface area (Å²) in [5.41, 5.74) is 2.11. The maximum absolute atomic E-state index is 12.9. The summed E-state index contributed by atoms with van der Waals surface area (Å²) < 4.78 is 3.76. The van der Waals surface area contributed by atoms with Crippen LogP contribution in [0.1, 0.15) is 24.4 Å². The second-order valence-electron chi connectivity index (χ2n) is 6.34. The van der Waals surface area contributed by atoms with Gasteiger partial charge >= 0.3 is 0 Å². The van der Waals surface area contributed by atoms with Gasteiger partial charge < -0.3 is 9.47 Å². The summed E-state index contributed by atoms with van der Waals surface area (Å²) >= 11 is 6.10. The van der Waals surface area contributed by atoms with Crippen molar-refractivity contribution in [3.63, 3.8) is 0 Å². The molecular weight excluding hydrogens is 324 g/mol. The molecule has 0 unspecified atom stereocenters. The molecule has 1 fully saturated rings. The molecule has 124 valence electrons. The SMILES string of the molecule is Cn1cc([C@@H]2CCCN2C(=O)Cn2ccc3ccc(Cl)cc32)cn1. The van der Waals surface area contributed by atoms with E-state index < -0.39 is 0 Å². The van der Waals surface area contributed by atoms with E-state index in [1.807, 2.05) is 59.4 Å². The van der Waals surface area contributed by atoms with Crippen LogP contribution in [0, 0.1) is 0 Å². The molecule has 1 atom stereocenters. The molecule has 0 N–H and O–H groups in total. The van der Waals surface area contributed by atoms with E-state index in [4.69, 9.17) is 11.6 Å². The number of amides is 1. The van der Waals surface area contributed by atoms with Gasteiger partial charge in [-0.3, -0.25) is 9.48 Å². The Balaban J connectivity index is 1.57. The van der Waals surface area contributed by atoms with Crippen LogP contribution in [0.4, 0.5) is 0 Å². The Bertz CT molecular complexity index is 897. The van der Waals surface area contributed by atoms with Crippen molar-refractivity contribution in [1.82, 2.24) is 19.2 Å². The Morgan fingerprint density at radius 1 is 1.38 bits per heavy atom. The van der Waals surface area contributed by atoms with Crippen LogP contribution in [0.15, 0.2) is 42.9 Å². The number of halogens is 1. The molecule has 1 amide bonds. The second-order valence-corrected chi connectivity index (χ2v) is 6.78. The number of nitrogens with zero attached hydrogens (tertiary/aromatic N) is 4. The number of hydrogen-bond donors (Lipinski definition) is 0. The van der Waals surface area contributed by atoms with Gasteiger partial charge in [0.2, 0.25) is 5.91 Å². The molecule has 1 aliphatic heterocycles. The Morgan fingerprint density at radius 3 is 3.04 bits per heavy atom. The van der Waals surface area contributed by atoms with Gasteiger partial charge in [0.05, 0.1) is 12.2 Å². The van der Waals surface area contributed by atoms with Crippen molar-refractivity contribution in [3.05, 3.63) is 53.4 Å². The van der Waals surface area contributed by atoms with Crippen LogP contribution in [0.5, 0.6) is 0 Å². The summed E-state index contributed by atoms with van der Waals surface area (Å²) in [7, 11) is 1.90. The largest absolute Gasteiger partial charge is 0.338 e. The summed E-state index contributed by atoms with van der Waals surface area (Å²) in [5, 5.41) is 6.02. The highest BCUT2D eigenvalue weighted by molar-refractivity contribution is 6.31. The van der Waals surface area contributed by atoms with Crippen LogP contribution < -0.4 is 0 Å². The van der Waals surface area contributed by atoms with Crippen molar-refractivity contribution in [2.75, 3.05) is 6.54 Å². The second kappa shape index (κ2) is 5.98. The maximum Gasteiger partial charge on any atom is 0.243 e. The lowest BCUT2D eigenvalue weighted by molar-refractivity contribution is -0.132. The quantitative estimate of drug-likeness (QED) is 0.732. The van der Waals surface area contributed by atoms with E-state index >= 15 is 0 Å². The first-order valence-electron chi connectivity index (χ1n) is 8.14. The van der Waals surface area contributed by atoms with Crippen molar-refractivity contribution >= 4 is 28.4 Å². The van der Waals surface area contributed by atoms with Crippen molar-refractivity contribution in [3.8, 4) is 0 Å². The number of rotatable bonds is 3. The standard InChI is InChI=1S/C18H19ClN4O/c1-21-11-14(10-20-21)16-3-2-7-23(16)18(24)12-22-8-6-13-4-5-15(19)9-17(13)22/h4-6,8-11,16H,2-3,7,12H2,1H3/t16-/m0/s1. The molecule has 3 aromatic rings. The molecule has 0 spiro atoms. The van der Waals surface area contributed by atoms with Crippen molar-refractivity contribution in [2.45, 2.75) is 25.4 Å². The van der Waals surface area contributed by atoms with Gasteiger partial charge in [-0.05, 0) is 36.4 Å². The van der Waals surface area contributed by atoms with E-state index in [1.54, 1.807) is 4.68 Å². The molecule has 5 nitrogen and oxygen atoms in total. The topological polar surface area (TPSA) is 43.1 Å². The minimum Gasteiger partial charge on any atom is -0.338 e. The fraction of sp³-hybridized carbons (Fsp3) is 0.333. The van der Waals surface area contributed by atoms with Crippen molar-refractivity contribution in [2.24, 2.45) is 7.05 Å². The Kier molecular flexibility index (Phi) is 3.81. The van der Waals surface area contributed by atoms with Gasteiger partial charge in [-0.1, -0.05) is 17.7 Å². The summed E-state index contributed by atoms with van der Waals surface area (Å²) in [6.07, 6.45) is 7.84. The lowest BCUT2D eigenvalue weighted by Gasteiger charge is -2.24. The minimum atomic E-state index is 0.136. The lowest BCUT2D eigenvalue weighted by atomic mass is 10.1. The van der Waals surface area contributed by atoms with Gasteiger partial charge in [0, 0.05) is 42.1 Å². The summed E-state index contributed by atoms with van der Waals surface area (Å²) in [6.45, 7) is 1.14. The molecular formula is C18H19ClN4O. The third kappa shape index (κ3) is 2.69. The average Bonchev–Trinajstić information content (AvgIpc) is 3.27. The maximum atomic E-state index is 12.9. The van der Waals surface area contributed by atoms with Crippen LogP contribution >= 0.6 is 11.6 Å². The Morgan fingerprint density at radius 2 is 2.25 bits per heavy atom.